The zero-order valence-electron chi connectivity index (χ0n) is 6.54. The Bertz CT molecular complexity index is 270. The first kappa shape index (κ1) is 9.91. The molecule has 0 aliphatic rings. The zero-order chi connectivity index (χ0) is 9.90. The Kier molecular flexibility index (Phi) is 2.82. The Morgan fingerprint density at radius 3 is 2.15 bits per heavy atom. The lowest BCUT2D eigenvalue weighted by molar-refractivity contribution is -0.128. The van der Waals surface area contributed by atoms with Gasteiger partial charge in [-0.15, -0.1) is 0 Å². The van der Waals surface area contributed by atoms with Gasteiger partial charge in [0.25, 0.3) is 0 Å². The van der Waals surface area contributed by atoms with Crippen LogP contribution < -0.4 is 0 Å². The topological polar surface area (TPSA) is 46.0 Å². The highest BCUT2D eigenvalue weighted by Crippen LogP contribution is 2.18. The Hall–Kier alpha value is -1.17. The van der Waals surface area contributed by atoms with Crippen LogP contribution in [0.3, 0.4) is 0 Å². The minimum Gasteiger partial charge on any atom is -0.392 e. The third-order valence-electron chi connectivity index (χ3n) is 1.30. The van der Waals surface area contributed by atoms with Crippen molar-refractivity contribution in [1.82, 2.24) is 9.97 Å². The Morgan fingerprint density at radius 1 is 1.23 bits per heavy atom. The van der Waals surface area contributed by atoms with Gasteiger partial charge in [-0.05, 0) is 0 Å². The maximum absolute atomic E-state index is 11.8. The fraction of sp³-hybridized carbons (Fsp3) is 0.429. The first-order chi connectivity index (χ1) is 6.01. The molecule has 1 heterocycles. The van der Waals surface area contributed by atoms with Crippen LogP contribution in [0.1, 0.15) is 11.4 Å². The smallest absolute Gasteiger partial charge is 0.392 e. The summed E-state index contributed by atoms with van der Waals surface area (Å²) in [5.41, 5.74) is 0.394. The van der Waals surface area contributed by atoms with Gasteiger partial charge in [-0.3, -0.25) is 0 Å². The molecule has 13 heavy (non-hydrogen) atoms. The normalized spacial score (nSPS) is 11.7. The predicted molar refractivity (Wildman–Crippen MR) is 37.7 cm³/mol. The number of aromatic nitrogens is 2. The lowest BCUT2D eigenvalue weighted by Gasteiger charge is -2.04. The second-order valence-corrected chi connectivity index (χ2v) is 2.46. The number of rotatable bonds is 2. The van der Waals surface area contributed by atoms with Crippen molar-refractivity contribution in [2.75, 3.05) is 0 Å². The minimum atomic E-state index is -4.29. The second kappa shape index (κ2) is 3.69. The van der Waals surface area contributed by atoms with Gasteiger partial charge in [0.2, 0.25) is 0 Å². The summed E-state index contributed by atoms with van der Waals surface area (Å²) in [6.07, 6.45) is -3.08. The van der Waals surface area contributed by atoms with Crippen molar-refractivity contribution < 1.29 is 18.3 Å². The number of aliphatic hydroxyl groups is 1. The fourth-order valence-corrected chi connectivity index (χ4v) is 0.734. The van der Waals surface area contributed by atoms with Crippen molar-refractivity contribution in [2.24, 2.45) is 0 Å². The summed E-state index contributed by atoms with van der Waals surface area (Å²) in [6, 6.07) is 0. The molecule has 72 valence electrons. The molecule has 1 aromatic rings. The molecule has 1 rings (SSSR count). The number of hydrogen-bond acceptors (Lipinski definition) is 3. The lowest BCUT2D eigenvalue weighted by atomic mass is 10.3. The molecule has 0 bridgehead atoms. The molecule has 0 saturated carbocycles. The summed E-state index contributed by atoms with van der Waals surface area (Å²) < 4.78 is 35.4. The monoisotopic (exact) mass is 192 g/mol. The Labute approximate surface area is 72.3 Å². The van der Waals surface area contributed by atoms with Crippen LogP contribution in [0.15, 0.2) is 12.4 Å². The van der Waals surface area contributed by atoms with Gasteiger partial charge in [0.05, 0.1) is 6.61 Å². The number of alkyl halides is 3. The van der Waals surface area contributed by atoms with Crippen molar-refractivity contribution in [3.8, 4) is 0 Å². The van der Waals surface area contributed by atoms with E-state index in [0.717, 1.165) is 0 Å². The van der Waals surface area contributed by atoms with Gasteiger partial charge in [0.15, 0.2) is 0 Å². The maximum Gasteiger partial charge on any atom is 0.396 e. The summed E-state index contributed by atoms with van der Waals surface area (Å²) in [5.74, 6) is -0.287. The van der Waals surface area contributed by atoms with Crippen molar-refractivity contribution in [1.29, 1.82) is 0 Å². The van der Waals surface area contributed by atoms with Crippen molar-refractivity contribution >= 4 is 0 Å². The Morgan fingerprint density at radius 2 is 1.77 bits per heavy atom. The van der Waals surface area contributed by atoms with Crippen LogP contribution in [0, 0.1) is 0 Å². The molecule has 0 aliphatic carbocycles. The molecule has 0 radical (unpaired) electrons. The van der Waals surface area contributed by atoms with Crippen molar-refractivity contribution in [3.05, 3.63) is 23.8 Å². The fourth-order valence-electron chi connectivity index (χ4n) is 0.734. The van der Waals surface area contributed by atoms with Gasteiger partial charge >= 0.3 is 6.18 Å². The van der Waals surface area contributed by atoms with Crippen LogP contribution in [-0.4, -0.2) is 21.3 Å². The van der Waals surface area contributed by atoms with E-state index in [1.807, 2.05) is 0 Å². The molecule has 0 aromatic carbocycles. The zero-order valence-corrected chi connectivity index (χ0v) is 6.54. The molecule has 0 atom stereocenters. The van der Waals surface area contributed by atoms with E-state index in [2.05, 4.69) is 9.97 Å². The van der Waals surface area contributed by atoms with Crippen LogP contribution in [0.5, 0.6) is 0 Å². The molecule has 1 aromatic heterocycles. The van der Waals surface area contributed by atoms with Gasteiger partial charge in [-0.2, -0.15) is 13.2 Å². The van der Waals surface area contributed by atoms with Gasteiger partial charge in [-0.1, -0.05) is 0 Å². The van der Waals surface area contributed by atoms with Crippen LogP contribution >= 0.6 is 0 Å². The third-order valence-corrected chi connectivity index (χ3v) is 1.30. The second-order valence-electron chi connectivity index (χ2n) is 2.46. The summed E-state index contributed by atoms with van der Waals surface area (Å²) in [7, 11) is 0. The third kappa shape index (κ3) is 3.37. The molecule has 0 fully saturated rings. The maximum atomic E-state index is 11.8. The number of halogens is 3. The highest BCUT2D eigenvalue weighted by atomic mass is 19.4. The SMILES string of the molecule is OCc1cnc(CC(F)(F)F)nc1. The molecular weight excluding hydrogens is 185 g/mol. The van der Waals surface area contributed by atoms with Gasteiger partial charge < -0.3 is 5.11 Å². The van der Waals surface area contributed by atoms with E-state index in [-0.39, 0.29) is 12.4 Å². The first-order valence-corrected chi connectivity index (χ1v) is 3.48. The van der Waals surface area contributed by atoms with E-state index in [1.54, 1.807) is 0 Å². The van der Waals surface area contributed by atoms with Crippen LogP contribution in [-0.2, 0) is 13.0 Å². The molecule has 0 saturated heterocycles. The summed E-state index contributed by atoms with van der Waals surface area (Å²) in [5, 5.41) is 8.56. The van der Waals surface area contributed by atoms with Crippen molar-refractivity contribution in [2.45, 2.75) is 19.2 Å². The van der Waals surface area contributed by atoms with E-state index >= 15 is 0 Å². The van der Waals surface area contributed by atoms with E-state index in [0.29, 0.717) is 5.56 Å². The highest BCUT2D eigenvalue weighted by Gasteiger charge is 2.29. The van der Waals surface area contributed by atoms with Gasteiger partial charge in [0.1, 0.15) is 12.2 Å². The molecule has 0 aliphatic heterocycles. The molecule has 6 heteroatoms. The van der Waals surface area contributed by atoms with Crippen LogP contribution in [0.4, 0.5) is 13.2 Å². The molecule has 1 N–H and O–H groups in total. The van der Waals surface area contributed by atoms with Gasteiger partial charge in [-0.25, -0.2) is 9.97 Å². The van der Waals surface area contributed by atoms with E-state index in [1.165, 1.54) is 12.4 Å². The lowest BCUT2D eigenvalue weighted by Crippen LogP contribution is -2.14. The highest BCUT2D eigenvalue weighted by molar-refractivity contribution is 5.03. The molecule has 0 spiro atoms. The number of nitrogens with zero attached hydrogens (tertiary/aromatic N) is 2. The van der Waals surface area contributed by atoms with Crippen LogP contribution in [0.25, 0.3) is 0 Å². The van der Waals surface area contributed by atoms with E-state index in [4.69, 9.17) is 5.11 Å². The number of hydrogen-bond donors (Lipinski definition) is 1. The predicted octanol–water partition coefficient (Wildman–Crippen LogP) is 1.07. The average molecular weight is 192 g/mol. The van der Waals surface area contributed by atoms with Crippen LogP contribution in [0.2, 0.25) is 0 Å². The molecule has 0 amide bonds. The van der Waals surface area contributed by atoms with Crippen molar-refractivity contribution in [3.63, 3.8) is 0 Å². The van der Waals surface area contributed by atoms with E-state index < -0.39 is 12.6 Å². The van der Waals surface area contributed by atoms with E-state index in [9.17, 15) is 13.2 Å². The molecule has 3 nitrogen and oxygen atoms in total. The van der Waals surface area contributed by atoms with Gasteiger partial charge in [0, 0.05) is 18.0 Å². The average Bonchev–Trinajstić information content (AvgIpc) is 2.03. The molecular formula is C7H7F3N2O. The summed E-state index contributed by atoms with van der Waals surface area (Å²) in [6.45, 7) is -0.272. The minimum absolute atomic E-state index is 0.272. The number of aliphatic hydroxyl groups excluding tert-OH is 1. The quantitative estimate of drug-likeness (QED) is 0.762. The first-order valence-electron chi connectivity index (χ1n) is 3.48. The molecule has 0 unspecified atom stereocenters. The standard InChI is InChI=1S/C7H7F3N2O/c8-7(9,10)1-6-11-2-5(4-13)3-12-6/h2-3,13H,1,4H2. The Balaban J connectivity index is 2.70. The summed E-state index contributed by atoms with van der Waals surface area (Å²) in [4.78, 5) is 6.89. The summed E-state index contributed by atoms with van der Waals surface area (Å²) >= 11 is 0. The largest absolute Gasteiger partial charge is 0.396 e.